The number of hydrogen-bond acceptors (Lipinski definition) is 3. The second-order valence-corrected chi connectivity index (χ2v) is 6.92. The minimum Gasteiger partial charge on any atom is -0.496 e. The van der Waals surface area contributed by atoms with Gasteiger partial charge in [-0.2, -0.15) is 0 Å². The van der Waals surface area contributed by atoms with Crippen LogP contribution in [0.2, 0.25) is 0 Å². The van der Waals surface area contributed by atoms with Gasteiger partial charge in [0.25, 0.3) is 0 Å². The Morgan fingerprint density at radius 3 is 2.81 bits per heavy atom. The number of nitrogens with one attached hydrogen (secondary N) is 2. The van der Waals surface area contributed by atoms with Gasteiger partial charge in [0.15, 0.2) is 0 Å². The SMILES string of the molecule is COc1ccc(C(C)NC(C)CC2CCCCN2)cc1Br. The normalized spacial score (nSPS) is 21.8. The van der Waals surface area contributed by atoms with Gasteiger partial charge in [0.05, 0.1) is 11.6 Å². The number of halogens is 1. The van der Waals surface area contributed by atoms with Crippen LogP contribution >= 0.6 is 15.9 Å². The number of hydrogen-bond donors (Lipinski definition) is 2. The molecule has 1 heterocycles. The number of piperidine rings is 1. The van der Waals surface area contributed by atoms with Crippen molar-refractivity contribution in [1.82, 2.24) is 10.6 Å². The van der Waals surface area contributed by atoms with Crippen molar-refractivity contribution in [2.45, 2.75) is 57.7 Å². The van der Waals surface area contributed by atoms with Crippen LogP contribution in [-0.2, 0) is 0 Å². The maximum atomic E-state index is 5.29. The van der Waals surface area contributed by atoms with Gasteiger partial charge in [-0.25, -0.2) is 0 Å². The smallest absolute Gasteiger partial charge is 0.133 e. The van der Waals surface area contributed by atoms with E-state index in [9.17, 15) is 0 Å². The molecule has 3 unspecified atom stereocenters. The summed E-state index contributed by atoms with van der Waals surface area (Å²) < 4.78 is 6.30. The first kappa shape index (κ1) is 16.8. The molecule has 0 spiro atoms. The molecule has 21 heavy (non-hydrogen) atoms. The predicted molar refractivity (Wildman–Crippen MR) is 92.0 cm³/mol. The number of methoxy groups -OCH3 is 1. The highest BCUT2D eigenvalue weighted by atomic mass is 79.9. The van der Waals surface area contributed by atoms with Gasteiger partial charge in [-0.15, -0.1) is 0 Å². The van der Waals surface area contributed by atoms with Gasteiger partial charge in [-0.1, -0.05) is 12.5 Å². The molecule has 4 heteroatoms. The molecular weight excluding hydrogens is 328 g/mol. The quantitative estimate of drug-likeness (QED) is 0.808. The van der Waals surface area contributed by atoms with E-state index in [1.54, 1.807) is 7.11 Å². The lowest BCUT2D eigenvalue weighted by Crippen LogP contribution is -2.40. The van der Waals surface area contributed by atoms with Crippen molar-refractivity contribution in [3.05, 3.63) is 28.2 Å². The molecule has 3 nitrogen and oxygen atoms in total. The zero-order valence-electron chi connectivity index (χ0n) is 13.3. The van der Waals surface area contributed by atoms with Gasteiger partial charge in [0.1, 0.15) is 5.75 Å². The Labute approximate surface area is 137 Å². The Morgan fingerprint density at radius 2 is 2.19 bits per heavy atom. The largest absolute Gasteiger partial charge is 0.496 e. The predicted octanol–water partition coefficient (Wildman–Crippen LogP) is 4.03. The van der Waals surface area contributed by atoms with Crippen LogP contribution in [0.1, 0.15) is 51.1 Å². The first-order chi connectivity index (χ1) is 10.1. The van der Waals surface area contributed by atoms with Crippen LogP contribution in [0, 0.1) is 0 Å². The molecule has 118 valence electrons. The Hall–Kier alpha value is -0.580. The summed E-state index contributed by atoms with van der Waals surface area (Å²) >= 11 is 3.56. The molecule has 1 fully saturated rings. The van der Waals surface area contributed by atoms with E-state index < -0.39 is 0 Å². The summed E-state index contributed by atoms with van der Waals surface area (Å²) in [6, 6.07) is 7.82. The van der Waals surface area contributed by atoms with Crippen molar-refractivity contribution in [1.29, 1.82) is 0 Å². The van der Waals surface area contributed by atoms with Crippen molar-refractivity contribution < 1.29 is 4.74 Å². The summed E-state index contributed by atoms with van der Waals surface area (Å²) in [5.74, 6) is 0.880. The fourth-order valence-electron chi connectivity index (χ4n) is 3.09. The molecule has 0 saturated carbocycles. The highest BCUT2D eigenvalue weighted by Crippen LogP contribution is 2.28. The van der Waals surface area contributed by atoms with Crippen LogP contribution in [0.5, 0.6) is 5.75 Å². The van der Waals surface area contributed by atoms with E-state index in [4.69, 9.17) is 4.74 Å². The molecular formula is C17H27BrN2O. The maximum Gasteiger partial charge on any atom is 0.133 e. The standard InChI is InChI=1S/C17H27BrN2O/c1-12(10-15-6-4-5-9-19-15)20-13(2)14-7-8-17(21-3)16(18)11-14/h7-8,11-13,15,19-20H,4-6,9-10H2,1-3H3. The molecule has 0 aliphatic carbocycles. The molecule has 0 radical (unpaired) electrons. The van der Waals surface area contributed by atoms with Gasteiger partial charge in [0, 0.05) is 18.1 Å². The molecule has 1 aromatic carbocycles. The molecule has 1 saturated heterocycles. The molecule has 0 bridgehead atoms. The van der Waals surface area contributed by atoms with E-state index >= 15 is 0 Å². The Bertz CT molecular complexity index is 446. The van der Waals surface area contributed by atoms with Gasteiger partial charge in [-0.3, -0.25) is 0 Å². The molecule has 1 aliphatic heterocycles. The van der Waals surface area contributed by atoms with Gasteiger partial charge in [-0.05, 0) is 73.3 Å². The lowest BCUT2D eigenvalue weighted by atomic mass is 9.98. The van der Waals surface area contributed by atoms with Crippen molar-refractivity contribution >= 4 is 15.9 Å². The summed E-state index contributed by atoms with van der Waals surface area (Å²) in [7, 11) is 1.70. The Morgan fingerprint density at radius 1 is 1.38 bits per heavy atom. The maximum absolute atomic E-state index is 5.29. The average molecular weight is 355 g/mol. The average Bonchev–Trinajstić information content (AvgIpc) is 2.48. The van der Waals surface area contributed by atoms with E-state index in [1.165, 1.54) is 37.8 Å². The molecule has 1 aliphatic rings. The van der Waals surface area contributed by atoms with Crippen LogP contribution in [0.25, 0.3) is 0 Å². The van der Waals surface area contributed by atoms with E-state index in [0.29, 0.717) is 18.1 Å². The number of rotatable bonds is 6. The van der Waals surface area contributed by atoms with E-state index in [-0.39, 0.29) is 0 Å². The summed E-state index contributed by atoms with van der Waals surface area (Å²) in [6.45, 7) is 5.68. The fraction of sp³-hybridized carbons (Fsp3) is 0.647. The van der Waals surface area contributed by atoms with Crippen LogP contribution < -0.4 is 15.4 Å². The van der Waals surface area contributed by atoms with Crippen molar-refractivity contribution in [3.8, 4) is 5.75 Å². The molecule has 2 N–H and O–H groups in total. The Kier molecular flexibility index (Phi) is 6.52. The molecule has 3 atom stereocenters. The van der Waals surface area contributed by atoms with Crippen molar-refractivity contribution in [2.75, 3.05) is 13.7 Å². The van der Waals surface area contributed by atoms with E-state index in [1.807, 2.05) is 6.07 Å². The van der Waals surface area contributed by atoms with Crippen LogP contribution in [0.15, 0.2) is 22.7 Å². The molecule has 2 rings (SSSR count). The Balaban J connectivity index is 1.87. The van der Waals surface area contributed by atoms with Gasteiger partial charge in [0.2, 0.25) is 0 Å². The highest BCUT2D eigenvalue weighted by molar-refractivity contribution is 9.10. The molecule has 1 aromatic rings. The highest BCUT2D eigenvalue weighted by Gasteiger charge is 2.17. The lowest BCUT2D eigenvalue weighted by molar-refractivity contribution is 0.334. The summed E-state index contributed by atoms with van der Waals surface area (Å²) in [5.41, 5.74) is 1.28. The minimum atomic E-state index is 0.339. The third-order valence-electron chi connectivity index (χ3n) is 4.26. The number of ether oxygens (including phenoxy) is 1. The zero-order valence-corrected chi connectivity index (χ0v) is 14.9. The zero-order chi connectivity index (χ0) is 15.2. The van der Waals surface area contributed by atoms with Gasteiger partial charge >= 0.3 is 0 Å². The van der Waals surface area contributed by atoms with E-state index in [0.717, 1.165) is 10.2 Å². The third kappa shape index (κ3) is 4.97. The molecule has 0 amide bonds. The lowest BCUT2D eigenvalue weighted by Gasteiger charge is -2.28. The number of benzene rings is 1. The van der Waals surface area contributed by atoms with Crippen LogP contribution in [0.3, 0.4) is 0 Å². The minimum absolute atomic E-state index is 0.339. The summed E-state index contributed by atoms with van der Waals surface area (Å²) in [6.07, 6.45) is 5.20. The van der Waals surface area contributed by atoms with Crippen LogP contribution in [-0.4, -0.2) is 25.7 Å². The van der Waals surface area contributed by atoms with Crippen molar-refractivity contribution in [2.24, 2.45) is 0 Å². The van der Waals surface area contributed by atoms with Crippen molar-refractivity contribution in [3.63, 3.8) is 0 Å². The van der Waals surface area contributed by atoms with Gasteiger partial charge < -0.3 is 15.4 Å². The van der Waals surface area contributed by atoms with E-state index in [2.05, 4.69) is 52.5 Å². The monoisotopic (exact) mass is 354 g/mol. The summed E-state index contributed by atoms with van der Waals surface area (Å²) in [5, 5.41) is 7.33. The van der Waals surface area contributed by atoms with Crippen LogP contribution in [0.4, 0.5) is 0 Å². The first-order valence-electron chi connectivity index (χ1n) is 7.93. The topological polar surface area (TPSA) is 33.3 Å². The fourth-order valence-corrected chi connectivity index (χ4v) is 3.65. The third-order valence-corrected chi connectivity index (χ3v) is 4.88. The second-order valence-electron chi connectivity index (χ2n) is 6.07. The molecule has 0 aromatic heterocycles. The first-order valence-corrected chi connectivity index (χ1v) is 8.72. The second kappa shape index (κ2) is 8.16. The summed E-state index contributed by atoms with van der Waals surface area (Å²) in [4.78, 5) is 0.